The Morgan fingerprint density at radius 1 is 1.50 bits per heavy atom. The fourth-order valence-electron chi connectivity index (χ4n) is 2.09. The van der Waals surface area contributed by atoms with E-state index in [1.54, 1.807) is 0 Å². The Hall–Kier alpha value is -0.620. The summed E-state index contributed by atoms with van der Waals surface area (Å²) >= 11 is 2.10. The summed E-state index contributed by atoms with van der Waals surface area (Å²) in [6.45, 7) is 0. The number of hydrogen-bond acceptors (Lipinski definition) is 3. The minimum atomic E-state index is 0.256. The van der Waals surface area contributed by atoms with Gasteiger partial charge in [0.2, 0.25) is 0 Å². The van der Waals surface area contributed by atoms with Gasteiger partial charge in [0.05, 0.1) is 4.43 Å². The zero-order valence-electron chi connectivity index (χ0n) is 10.5. The normalized spacial score (nSPS) is 22.3. The maximum absolute atomic E-state index is 11.4. The lowest BCUT2D eigenvalue weighted by Gasteiger charge is -2.35. The average molecular weight is 359 g/mol. The molecule has 98 valence electrons. The Kier molecular flexibility index (Phi) is 5.00. The van der Waals surface area contributed by atoms with E-state index in [1.165, 1.54) is 0 Å². The molecule has 0 bridgehead atoms. The molecule has 4 heteroatoms. The lowest BCUT2D eigenvalue weighted by Crippen LogP contribution is -2.45. The summed E-state index contributed by atoms with van der Waals surface area (Å²) in [5, 5.41) is 3.24. The standard InChI is InChI=1S/C14H18INO2/c1-16-11-7-14(8-11)18-13-4-2-3-10(6-13)5-12(17)9-15/h2-4,6,11,14,16H,5,7-9H2,1H3. The van der Waals surface area contributed by atoms with E-state index >= 15 is 0 Å². The Balaban J connectivity index is 1.89. The molecule has 0 atom stereocenters. The van der Waals surface area contributed by atoms with Crippen molar-refractivity contribution in [3.05, 3.63) is 29.8 Å². The van der Waals surface area contributed by atoms with Crippen LogP contribution in [0.25, 0.3) is 0 Å². The topological polar surface area (TPSA) is 38.3 Å². The second-order valence-electron chi connectivity index (χ2n) is 4.69. The number of carbonyl (C=O) groups excluding carboxylic acids is 1. The van der Waals surface area contributed by atoms with Gasteiger partial charge in [0.1, 0.15) is 17.6 Å². The van der Waals surface area contributed by atoms with Gasteiger partial charge in [-0.1, -0.05) is 34.7 Å². The minimum absolute atomic E-state index is 0.256. The number of rotatable bonds is 6. The summed E-state index contributed by atoms with van der Waals surface area (Å²) in [7, 11) is 1.98. The molecular formula is C14H18INO2. The van der Waals surface area contributed by atoms with Crippen molar-refractivity contribution in [3.8, 4) is 5.75 Å². The van der Waals surface area contributed by atoms with Gasteiger partial charge in [-0.05, 0) is 37.6 Å². The predicted octanol–water partition coefficient (Wildman–Crippen LogP) is 2.36. The molecule has 1 aliphatic rings. The number of carbonyl (C=O) groups is 1. The number of halogens is 1. The van der Waals surface area contributed by atoms with Gasteiger partial charge >= 0.3 is 0 Å². The van der Waals surface area contributed by atoms with Gasteiger partial charge in [0, 0.05) is 12.5 Å². The highest BCUT2D eigenvalue weighted by Gasteiger charge is 2.29. The first-order valence-corrected chi connectivity index (χ1v) is 7.74. The maximum atomic E-state index is 11.4. The number of ether oxygens (including phenoxy) is 1. The largest absolute Gasteiger partial charge is 0.490 e. The first-order valence-electron chi connectivity index (χ1n) is 6.21. The average Bonchev–Trinajstić information content (AvgIpc) is 2.33. The van der Waals surface area contributed by atoms with Gasteiger partial charge in [-0.2, -0.15) is 0 Å². The van der Waals surface area contributed by atoms with Crippen LogP contribution >= 0.6 is 22.6 Å². The molecular weight excluding hydrogens is 341 g/mol. The summed E-state index contributed by atoms with van der Waals surface area (Å²) in [6.07, 6.45) is 2.95. The molecule has 0 aliphatic heterocycles. The number of Topliss-reactive ketones (excluding diaryl/α,β-unsaturated/α-hetero) is 1. The highest BCUT2D eigenvalue weighted by Crippen LogP contribution is 2.26. The molecule has 2 rings (SSSR count). The highest BCUT2D eigenvalue weighted by molar-refractivity contribution is 14.1. The molecule has 0 radical (unpaired) electrons. The van der Waals surface area contributed by atoms with Crippen molar-refractivity contribution in [1.29, 1.82) is 0 Å². The maximum Gasteiger partial charge on any atom is 0.146 e. The zero-order valence-corrected chi connectivity index (χ0v) is 12.6. The first-order chi connectivity index (χ1) is 8.71. The number of nitrogens with one attached hydrogen (secondary N) is 1. The molecule has 1 N–H and O–H groups in total. The van der Waals surface area contributed by atoms with E-state index in [0.717, 1.165) is 24.2 Å². The highest BCUT2D eigenvalue weighted by atomic mass is 127. The van der Waals surface area contributed by atoms with E-state index < -0.39 is 0 Å². The molecule has 0 spiro atoms. The molecule has 1 saturated carbocycles. The Morgan fingerprint density at radius 3 is 2.94 bits per heavy atom. The Morgan fingerprint density at radius 2 is 2.28 bits per heavy atom. The van der Waals surface area contributed by atoms with Crippen molar-refractivity contribution in [1.82, 2.24) is 5.32 Å². The molecule has 0 aromatic heterocycles. The summed E-state index contributed by atoms with van der Waals surface area (Å²) in [4.78, 5) is 11.4. The Labute approximate surface area is 121 Å². The van der Waals surface area contributed by atoms with Crippen molar-refractivity contribution in [2.24, 2.45) is 0 Å². The van der Waals surface area contributed by atoms with E-state index in [2.05, 4.69) is 27.9 Å². The third-order valence-electron chi connectivity index (χ3n) is 3.25. The minimum Gasteiger partial charge on any atom is -0.490 e. The SMILES string of the molecule is CNC1CC(Oc2cccc(CC(=O)CI)c2)C1. The molecule has 18 heavy (non-hydrogen) atoms. The molecule has 1 aromatic carbocycles. The second-order valence-corrected chi connectivity index (χ2v) is 5.46. The van der Waals surface area contributed by atoms with E-state index in [1.807, 2.05) is 31.3 Å². The van der Waals surface area contributed by atoms with Crippen LogP contribution in [0.5, 0.6) is 5.75 Å². The summed E-state index contributed by atoms with van der Waals surface area (Å²) in [5.41, 5.74) is 1.04. The van der Waals surface area contributed by atoms with Crippen molar-refractivity contribution >= 4 is 28.4 Å². The molecule has 0 heterocycles. The van der Waals surface area contributed by atoms with Crippen molar-refractivity contribution in [2.75, 3.05) is 11.5 Å². The van der Waals surface area contributed by atoms with Gasteiger partial charge < -0.3 is 10.1 Å². The van der Waals surface area contributed by atoms with Crippen LogP contribution in [-0.2, 0) is 11.2 Å². The van der Waals surface area contributed by atoms with E-state index in [4.69, 9.17) is 4.74 Å². The van der Waals surface area contributed by atoms with Crippen molar-refractivity contribution in [2.45, 2.75) is 31.4 Å². The summed E-state index contributed by atoms with van der Waals surface area (Å²) in [6, 6.07) is 8.48. The van der Waals surface area contributed by atoms with Gasteiger partial charge in [0.15, 0.2) is 0 Å². The van der Waals surface area contributed by atoms with Crippen LogP contribution in [0, 0.1) is 0 Å². The van der Waals surface area contributed by atoms with Crippen LogP contribution in [-0.4, -0.2) is 29.4 Å². The molecule has 0 unspecified atom stereocenters. The number of benzene rings is 1. The quantitative estimate of drug-likeness (QED) is 0.626. The van der Waals surface area contributed by atoms with Gasteiger partial charge in [-0.15, -0.1) is 0 Å². The van der Waals surface area contributed by atoms with E-state index in [0.29, 0.717) is 23.0 Å². The smallest absolute Gasteiger partial charge is 0.146 e. The molecule has 1 fully saturated rings. The lowest BCUT2D eigenvalue weighted by molar-refractivity contribution is -0.115. The molecule has 0 saturated heterocycles. The number of ketones is 1. The van der Waals surface area contributed by atoms with Crippen LogP contribution in [0.15, 0.2) is 24.3 Å². The van der Waals surface area contributed by atoms with Crippen LogP contribution in [0.1, 0.15) is 18.4 Å². The first kappa shape index (κ1) is 13.8. The zero-order chi connectivity index (χ0) is 13.0. The van der Waals surface area contributed by atoms with Crippen LogP contribution in [0.4, 0.5) is 0 Å². The van der Waals surface area contributed by atoms with Crippen molar-refractivity contribution < 1.29 is 9.53 Å². The van der Waals surface area contributed by atoms with Crippen molar-refractivity contribution in [3.63, 3.8) is 0 Å². The Bertz CT molecular complexity index is 416. The fourth-order valence-corrected chi connectivity index (χ4v) is 2.36. The summed E-state index contributed by atoms with van der Waals surface area (Å²) in [5.74, 6) is 1.14. The van der Waals surface area contributed by atoms with Crippen LogP contribution < -0.4 is 10.1 Å². The van der Waals surface area contributed by atoms with Gasteiger partial charge in [-0.3, -0.25) is 4.79 Å². The van der Waals surface area contributed by atoms with E-state index in [9.17, 15) is 4.79 Å². The molecule has 1 aromatic rings. The van der Waals surface area contributed by atoms with E-state index in [-0.39, 0.29) is 5.78 Å². The monoisotopic (exact) mass is 359 g/mol. The molecule has 1 aliphatic carbocycles. The third kappa shape index (κ3) is 3.68. The van der Waals surface area contributed by atoms with Gasteiger partial charge in [0.25, 0.3) is 0 Å². The van der Waals surface area contributed by atoms with Crippen LogP contribution in [0.2, 0.25) is 0 Å². The molecule has 3 nitrogen and oxygen atoms in total. The predicted molar refractivity (Wildman–Crippen MR) is 80.5 cm³/mol. The third-order valence-corrected chi connectivity index (χ3v) is 4.11. The fraction of sp³-hybridized carbons (Fsp3) is 0.500. The summed E-state index contributed by atoms with van der Waals surface area (Å²) < 4.78 is 6.45. The number of alkyl halides is 1. The number of hydrogen-bond donors (Lipinski definition) is 1. The lowest BCUT2D eigenvalue weighted by atomic mass is 9.89. The van der Waals surface area contributed by atoms with Crippen LogP contribution in [0.3, 0.4) is 0 Å². The second kappa shape index (κ2) is 6.52. The van der Waals surface area contributed by atoms with Gasteiger partial charge in [-0.25, -0.2) is 0 Å². The molecule has 0 amide bonds.